The van der Waals surface area contributed by atoms with Crippen LogP contribution in [-0.4, -0.2) is 11.8 Å². The van der Waals surface area contributed by atoms with E-state index in [9.17, 15) is 9.59 Å². The molecule has 3 aromatic rings. The van der Waals surface area contributed by atoms with E-state index >= 15 is 0 Å². The summed E-state index contributed by atoms with van der Waals surface area (Å²) in [4.78, 5) is 24.6. The third kappa shape index (κ3) is 4.84. The molecule has 3 rings (SSSR count). The van der Waals surface area contributed by atoms with Crippen LogP contribution in [0.3, 0.4) is 0 Å². The Morgan fingerprint density at radius 3 is 2.37 bits per heavy atom. The number of hydrogen-bond acceptors (Lipinski definition) is 4. The van der Waals surface area contributed by atoms with E-state index in [-0.39, 0.29) is 11.7 Å². The van der Waals surface area contributed by atoms with Crippen molar-refractivity contribution in [2.75, 3.05) is 10.6 Å². The number of anilines is 2. The number of carbonyl (C=O) groups excluding carboxylic acids is 2. The van der Waals surface area contributed by atoms with Crippen LogP contribution in [0.5, 0.6) is 0 Å². The van der Waals surface area contributed by atoms with Crippen LogP contribution in [-0.2, 0) is 6.42 Å². The molecule has 0 spiro atoms. The van der Waals surface area contributed by atoms with Crippen LogP contribution in [0.15, 0.2) is 69.8 Å². The zero-order chi connectivity index (χ0) is 19.2. The van der Waals surface area contributed by atoms with Gasteiger partial charge in [0.1, 0.15) is 0 Å². The minimum Gasteiger partial charge on any atom is -0.444 e. The molecule has 0 saturated heterocycles. The van der Waals surface area contributed by atoms with Gasteiger partial charge >= 0.3 is 0 Å². The average molecular weight is 424 g/mol. The number of nitrogens with one attached hydrogen (secondary N) is 2. The lowest BCUT2D eigenvalue weighted by molar-refractivity contribution is 0.0992. The first kappa shape index (κ1) is 18.4. The van der Waals surface area contributed by atoms with Gasteiger partial charge in [0.2, 0.25) is 0 Å². The van der Waals surface area contributed by atoms with E-state index in [1.807, 2.05) is 0 Å². The van der Waals surface area contributed by atoms with Gasteiger partial charge in [-0.1, -0.05) is 18.2 Å². The summed E-state index contributed by atoms with van der Waals surface area (Å²) >= 11 is 3.15. The van der Waals surface area contributed by atoms with Gasteiger partial charge in [0, 0.05) is 16.9 Å². The molecule has 0 aliphatic carbocycles. The summed E-state index contributed by atoms with van der Waals surface area (Å²) < 4.78 is 5.67. The minimum absolute atomic E-state index is 0.161. The fourth-order valence-electron chi connectivity index (χ4n) is 2.37. The molecule has 0 atom stereocenters. The molecule has 0 bridgehead atoms. The van der Waals surface area contributed by atoms with E-state index in [0.29, 0.717) is 28.0 Å². The smallest absolute Gasteiger partial charge is 0.291 e. The van der Waals surface area contributed by atoms with E-state index in [2.05, 4.69) is 32.6 Å². The van der Waals surface area contributed by atoms with Gasteiger partial charge in [-0.3, -0.25) is 9.59 Å². The molecule has 2 N–H and O–H groups in total. The second-order valence-electron chi connectivity index (χ2n) is 5.62. The number of furan rings is 1. The van der Waals surface area contributed by atoms with Gasteiger partial charge in [-0.05, 0) is 64.0 Å². The highest BCUT2D eigenvalue weighted by molar-refractivity contribution is 9.10. The average Bonchev–Trinajstić information content (AvgIpc) is 3.10. The Kier molecular flexibility index (Phi) is 5.69. The van der Waals surface area contributed by atoms with Crippen molar-refractivity contribution in [3.63, 3.8) is 0 Å². The molecule has 0 fully saturated rings. The number of nitrogens with zero attached hydrogens (tertiary/aromatic N) is 1. The highest BCUT2D eigenvalue weighted by Gasteiger charge is 2.12. The summed E-state index contributed by atoms with van der Waals surface area (Å²) in [5, 5.41) is 14.2. The molecular weight excluding hydrogens is 410 g/mol. The highest BCUT2D eigenvalue weighted by atomic mass is 79.9. The van der Waals surface area contributed by atoms with Crippen molar-refractivity contribution >= 4 is 39.1 Å². The maximum Gasteiger partial charge on any atom is 0.291 e. The predicted octanol–water partition coefficient (Wildman–Crippen LogP) is 4.61. The van der Waals surface area contributed by atoms with Gasteiger partial charge in [-0.25, -0.2) is 0 Å². The molecule has 0 aliphatic rings. The molecule has 1 heterocycles. The standard InChI is InChI=1S/C20H14BrN3O3/c21-18-9-8-17(27-18)20(26)24-16-3-1-2-14(12-16)19(25)23-15-6-4-13(5-7-15)10-11-22/h1-9,12H,10H2,(H,23,25)(H,24,26). The molecule has 27 heavy (non-hydrogen) atoms. The molecule has 2 aromatic carbocycles. The first-order valence-electron chi connectivity index (χ1n) is 7.99. The van der Waals surface area contributed by atoms with Crippen molar-refractivity contribution in [2.45, 2.75) is 6.42 Å². The molecule has 0 radical (unpaired) electrons. The normalized spacial score (nSPS) is 10.1. The Morgan fingerprint density at radius 2 is 1.70 bits per heavy atom. The van der Waals surface area contributed by atoms with Gasteiger partial charge in [0.05, 0.1) is 12.5 Å². The molecule has 2 amide bonds. The number of benzene rings is 2. The van der Waals surface area contributed by atoms with Crippen molar-refractivity contribution in [3.05, 3.63) is 82.2 Å². The van der Waals surface area contributed by atoms with Crippen molar-refractivity contribution in [1.82, 2.24) is 0 Å². The highest BCUT2D eigenvalue weighted by Crippen LogP contribution is 2.18. The number of amides is 2. The van der Waals surface area contributed by atoms with Crippen molar-refractivity contribution in [1.29, 1.82) is 5.26 Å². The molecule has 0 unspecified atom stereocenters. The lowest BCUT2D eigenvalue weighted by Crippen LogP contribution is -2.14. The van der Waals surface area contributed by atoms with Crippen molar-refractivity contribution in [3.8, 4) is 6.07 Å². The van der Waals surface area contributed by atoms with E-state index in [1.54, 1.807) is 60.7 Å². The van der Waals surface area contributed by atoms with Gasteiger partial charge in [0.15, 0.2) is 10.4 Å². The van der Waals surface area contributed by atoms with E-state index in [0.717, 1.165) is 5.56 Å². The number of nitriles is 1. The summed E-state index contributed by atoms with van der Waals surface area (Å²) in [5.74, 6) is -0.555. The van der Waals surface area contributed by atoms with Crippen molar-refractivity contribution in [2.24, 2.45) is 0 Å². The lowest BCUT2D eigenvalue weighted by Gasteiger charge is -2.08. The number of hydrogen-bond donors (Lipinski definition) is 2. The third-order valence-electron chi connectivity index (χ3n) is 3.67. The van der Waals surface area contributed by atoms with E-state index < -0.39 is 5.91 Å². The second-order valence-corrected chi connectivity index (χ2v) is 6.41. The predicted molar refractivity (Wildman–Crippen MR) is 105 cm³/mol. The molecule has 7 heteroatoms. The summed E-state index contributed by atoms with van der Waals surface area (Å²) in [7, 11) is 0. The fraction of sp³-hybridized carbons (Fsp3) is 0.0500. The lowest BCUT2D eigenvalue weighted by atomic mass is 10.1. The zero-order valence-corrected chi connectivity index (χ0v) is 15.6. The minimum atomic E-state index is -0.411. The topological polar surface area (TPSA) is 95.1 Å². The van der Waals surface area contributed by atoms with Gasteiger partial charge in [-0.15, -0.1) is 0 Å². The van der Waals surface area contributed by atoms with Crippen LogP contribution >= 0.6 is 15.9 Å². The Hall–Kier alpha value is -3.37. The summed E-state index contributed by atoms with van der Waals surface area (Å²) in [6.07, 6.45) is 0.322. The SMILES string of the molecule is N#CCc1ccc(NC(=O)c2cccc(NC(=O)c3ccc(Br)o3)c2)cc1. The third-order valence-corrected chi connectivity index (χ3v) is 4.10. The molecule has 1 aromatic heterocycles. The molecule has 0 aliphatic heterocycles. The van der Waals surface area contributed by atoms with Crippen LogP contribution in [0.25, 0.3) is 0 Å². The van der Waals surface area contributed by atoms with Crippen LogP contribution in [0, 0.1) is 11.3 Å². The Labute approximate surface area is 163 Å². The first-order valence-corrected chi connectivity index (χ1v) is 8.78. The largest absolute Gasteiger partial charge is 0.444 e. The maximum atomic E-state index is 12.4. The quantitative estimate of drug-likeness (QED) is 0.625. The summed E-state index contributed by atoms with van der Waals surface area (Å²) in [6, 6.07) is 18.9. The van der Waals surface area contributed by atoms with Crippen LogP contribution in [0.2, 0.25) is 0 Å². The molecule has 0 saturated carbocycles. The Morgan fingerprint density at radius 1 is 0.963 bits per heavy atom. The first-order chi connectivity index (χ1) is 13.0. The van der Waals surface area contributed by atoms with Crippen LogP contribution < -0.4 is 10.6 Å². The second kappa shape index (κ2) is 8.34. The zero-order valence-electron chi connectivity index (χ0n) is 14.0. The van der Waals surface area contributed by atoms with Crippen molar-refractivity contribution < 1.29 is 14.0 Å². The van der Waals surface area contributed by atoms with Gasteiger partial charge in [-0.2, -0.15) is 5.26 Å². The molecular formula is C20H14BrN3O3. The van der Waals surface area contributed by atoms with Gasteiger partial charge in [0.25, 0.3) is 11.8 Å². The van der Waals surface area contributed by atoms with Crippen LogP contribution in [0.4, 0.5) is 11.4 Å². The van der Waals surface area contributed by atoms with Crippen LogP contribution in [0.1, 0.15) is 26.5 Å². The molecule has 134 valence electrons. The van der Waals surface area contributed by atoms with Gasteiger partial charge < -0.3 is 15.1 Å². The molecule has 6 nitrogen and oxygen atoms in total. The number of halogens is 1. The number of rotatable bonds is 5. The van der Waals surface area contributed by atoms with E-state index in [4.69, 9.17) is 9.68 Å². The monoisotopic (exact) mass is 423 g/mol. The number of carbonyl (C=O) groups is 2. The van der Waals surface area contributed by atoms with E-state index in [1.165, 1.54) is 0 Å². The summed E-state index contributed by atoms with van der Waals surface area (Å²) in [5.41, 5.74) is 2.38. The maximum absolute atomic E-state index is 12.4. The fourth-order valence-corrected chi connectivity index (χ4v) is 2.67. The Bertz CT molecular complexity index is 1020. The Balaban J connectivity index is 1.68. The summed E-state index contributed by atoms with van der Waals surface area (Å²) in [6.45, 7) is 0.